The molecule has 0 amide bonds. The third-order valence-electron chi connectivity index (χ3n) is 3.04. The van der Waals surface area contributed by atoms with E-state index in [0.29, 0.717) is 12.2 Å². The summed E-state index contributed by atoms with van der Waals surface area (Å²) in [4.78, 5) is 19.6. The number of aryl methyl sites for hydroxylation is 1. The summed E-state index contributed by atoms with van der Waals surface area (Å²) in [5.74, 6) is 2.66. The van der Waals surface area contributed by atoms with Gasteiger partial charge in [-0.25, -0.2) is 4.98 Å². The zero-order chi connectivity index (χ0) is 11.0. The Balaban J connectivity index is 1.88. The number of ketones is 1. The molecule has 0 bridgehead atoms. The van der Waals surface area contributed by atoms with Crippen LogP contribution in [-0.4, -0.2) is 35.4 Å². The van der Waals surface area contributed by atoms with Crippen LogP contribution in [0.4, 0.5) is 5.13 Å². The summed E-state index contributed by atoms with van der Waals surface area (Å²) in [5.41, 5.74) is 1.05. The van der Waals surface area contributed by atoms with Crippen LogP contribution in [0.3, 0.4) is 0 Å². The summed E-state index contributed by atoms with van der Waals surface area (Å²) in [6.07, 6.45) is 2.68. The Morgan fingerprint density at radius 3 is 2.75 bits per heavy atom. The Bertz CT molecular complexity index is 410. The second kappa shape index (κ2) is 4.37. The second-order valence-corrected chi connectivity index (χ2v) is 6.35. The molecule has 3 rings (SSSR count). The van der Waals surface area contributed by atoms with Gasteiger partial charge in [0, 0.05) is 31.0 Å². The van der Waals surface area contributed by atoms with E-state index >= 15 is 0 Å². The maximum absolute atomic E-state index is 11.7. The average Bonchev–Trinajstić information content (AvgIpc) is 2.76. The highest BCUT2D eigenvalue weighted by molar-refractivity contribution is 7.99. The van der Waals surface area contributed by atoms with Crippen LogP contribution in [0.15, 0.2) is 0 Å². The molecule has 0 saturated carbocycles. The van der Waals surface area contributed by atoms with Crippen molar-refractivity contribution in [3.8, 4) is 0 Å². The Kier molecular flexibility index (Phi) is 2.90. The molecule has 2 heterocycles. The summed E-state index contributed by atoms with van der Waals surface area (Å²) in [7, 11) is 0. The number of anilines is 1. The lowest BCUT2D eigenvalue weighted by Gasteiger charge is -2.25. The number of thiazole rings is 1. The molecule has 0 N–H and O–H groups in total. The molecular formula is C11H14N2OS2. The van der Waals surface area contributed by atoms with E-state index in [4.69, 9.17) is 0 Å². The van der Waals surface area contributed by atoms with Crippen molar-refractivity contribution < 1.29 is 4.79 Å². The molecule has 1 saturated heterocycles. The molecule has 0 unspecified atom stereocenters. The van der Waals surface area contributed by atoms with E-state index in [9.17, 15) is 4.79 Å². The first-order chi connectivity index (χ1) is 7.84. The SMILES string of the molecule is O=C1CCCc2nc(N3CCSCC3)sc21. The van der Waals surface area contributed by atoms with Crippen molar-refractivity contribution in [2.75, 3.05) is 29.5 Å². The molecule has 86 valence electrons. The van der Waals surface area contributed by atoms with Gasteiger partial charge < -0.3 is 4.90 Å². The minimum atomic E-state index is 0.302. The highest BCUT2D eigenvalue weighted by Crippen LogP contribution is 2.32. The van der Waals surface area contributed by atoms with Gasteiger partial charge in [-0.05, 0) is 12.8 Å². The van der Waals surface area contributed by atoms with Gasteiger partial charge in [0.2, 0.25) is 0 Å². The van der Waals surface area contributed by atoms with Gasteiger partial charge in [-0.3, -0.25) is 4.79 Å². The van der Waals surface area contributed by atoms with Crippen LogP contribution in [0.2, 0.25) is 0 Å². The van der Waals surface area contributed by atoms with Crippen molar-refractivity contribution in [1.82, 2.24) is 4.98 Å². The molecule has 16 heavy (non-hydrogen) atoms. The molecule has 1 fully saturated rings. The zero-order valence-corrected chi connectivity index (χ0v) is 10.7. The number of nitrogens with zero attached hydrogens (tertiary/aromatic N) is 2. The van der Waals surface area contributed by atoms with E-state index in [0.717, 1.165) is 41.6 Å². The van der Waals surface area contributed by atoms with Gasteiger partial charge in [-0.2, -0.15) is 11.8 Å². The van der Waals surface area contributed by atoms with Gasteiger partial charge in [-0.1, -0.05) is 11.3 Å². The number of carbonyl (C=O) groups is 1. The third-order valence-corrected chi connectivity index (χ3v) is 5.18. The van der Waals surface area contributed by atoms with E-state index < -0.39 is 0 Å². The van der Waals surface area contributed by atoms with Crippen molar-refractivity contribution >= 4 is 34.0 Å². The van der Waals surface area contributed by atoms with Gasteiger partial charge in [0.15, 0.2) is 10.9 Å². The molecule has 1 aliphatic carbocycles. The van der Waals surface area contributed by atoms with Crippen LogP contribution in [0.1, 0.15) is 28.2 Å². The quantitative estimate of drug-likeness (QED) is 0.769. The van der Waals surface area contributed by atoms with E-state index in [1.807, 2.05) is 11.8 Å². The highest BCUT2D eigenvalue weighted by atomic mass is 32.2. The van der Waals surface area contributed by atoms with Crippen molar-refractivity contribution in [1.29, 1.82) is 0 Å². The summed E-state index contributed by atoms with van der Waals surface area (Å²) >= 11 is 3.60. The normalized spacial score (nSPS) is 21.0. The monoisotopic (exact) mass is 254 g/mol. The predicted octanol–water partition coefficient (Wildman–Crippen LogP) is 2.22. The van der Waals surface area contributed by atoms with E-state index in [1.165, 1.54) is 11.5 Å². The molecule has 0 atom stereocenters. The molecule has 3 nitrogen and oxygen atoms in total. The van der Waals surface area contributed by atoms with Crippen molar-refractivity contribution in [2.45, 2.75) is 19.3 Å². The highest BCUT2D eigenvalue weighted by Gasteiger charge is 2.24. The predicted molar refractivity (Wildman–Crippen MR) is 68.9 cm³/mol. The molecule has 1 aliphatic heterocycles. The van der Waals surface area contributed by atoms with Gasteiger partial charge in [-0.15, -0.1) is 0 Å². The van der Waals surface area contributed by atoms with E-state index in [-0.39, 0.29) is 0 Å². The molecule has 0 spiro atoms. The van der Waals surface area contributed by atoms with E-state index in [1.54, 1.807) is 11.3 Å². The summed E-state index contributed by atoms with van der Waals surface area (Å²) in [5, 5.41) is 1.07. The first kappa shape index (κ1) is 10.6. The molecular weight excluding hydrogens is 240 g/mol. The van der Waals surface area contributed by atoms with Crippen molar-refractivity contribution in [2.24, 2.45) is 0 Å². The maximum Gasteiger partial charge on any atom is 0.186 e. The number of thioether (sulfide) groups is 1. The smallest absolute Gasteiger partial charge is 0.186 e. The van der Waals surface area contributed by atoms with Crippen LogP contribution in [-0.2, 0) is 6.42 Å². The fourth-order valence-corrected chi connectivity index (χ4v) is 4.18. The first-order valence-corrected chi connectivity index (χ1v) is 7.67. The van der Waals surface area contributed by atoms with Gasteiger partial charge in [0.05, 0.1) is 10.6 Å². The van der Waals surface area contributed by atoms with Crippen molar-refractivity contribution in [3.63, 3.8) is 0 Å². The molecule has 1 aromatic rings. The van der Waals surface area contributed by atoms with Crippen LogP contribution in [0.25, 0.3) is 0 Å². The van der Waals surface area contributed by atoms with Crippen molar-refractivity contribution in [3.05, 3.63) is 10.6 Å². The lowest BCUT2D eigenvalue weighted by atomic mass is 10.0. The van der Waals surface area contributed by atoms with Crippen LogP contribution < -0.4 is 4.90 Å². The van der Waals surface area contributed by atoms with Gasteiger partial charge in [0.25, 0.3) is 0 Å². The number of Topliss-reactive ketones (excluding diaryl/α,β-unsaturated/α-hetero) is 1. The Morgan fingerprint density at radius 2 is 2.00 bits per heavy atom. The number of aromatic nitrogens is 1. The third kappa shape index (κ3) is 1.86. The molecule has 0 radical (unpaired) electrons. The molecule has 5 heteroatoms. The minimum absolute atomic E-state index is 0.302. The lowest BCUT2D eigenvalue weighted by molar-refractivity contribution is 0.0976. The molecule has 0 aromatic carbocycles. The van der Waals surface area contributed by atoms with E-state index in [2.05, 4.69) is 9.88 Å². The first-order valence-electron chi connectivity index (χ1n) is 5.70. The standard InChI is InChI=1S/C11H14N2OS2/c14-9-3-1-2-8-10(9)16-11(12-8)13-4-6-15-7-5-13/h1-7H2. The lowest BCUT2D eigenvalue weighted by Crippen LogP contribution is -2.32. The Hall–Kier alpha value is -0.550. The maximum atomic E-state index is 11.7. The molecule has 1 aromatic heterocycles. The summed E-state index contributed by atoms with van der Waals surface area (Å²) < 4.78 is 0. The largest absolute Gasteiger partial charge is 0.346 e. The average molecular weight is 254 g/mol. The van der Waals surface area contributed by atoms with Crippen LogP contribution in [0, 0.1) is 0 Å². The van der Waals surface area contributed by atoms with Crippen LogP contribution >= 0.6 is 23.1 Å². The number of hydrogen-bond acceptors (Lipinski definition) is 5. The number of fused-ring (bicyclic) bond motifs is 1. The Morgan fingerprint density at radius 1 is 1.19 bits per heavy atom. The number of rotatable bonds is 1. The topological polar surface area (TPSA) is 33.2 Å². The second-order valence-electron chi connectivity index (χ2n) is 4.15. The summed E-state index contributed by atoms with van der Waals surface area (Å²) in [6, 6.07) is 0. The van der Waals surface area contributed by atoms with Crippen LogP contribution in [0.5, 0.6) is 0 Å². The minimum Gasteiger partial charge on any atom is -0.346 e. The fourth-order valence-electron chi connectivity index (χ4n) is 2.15. The fraction of sp³-hybridized carbons (Fsp3) is 0.636. The number of hydrogen-bond donors (Lipinski definition) is 0. The zero-order valence-electron chi connectivity index (χ0n) is 9.07. The van der Waals surface area contributed by atoms with Gasteiger partial charge in [0.1, 0.15) is 0 Å². The molecule has 2 aliphatic rings. The summed E-state index contributed by atoms with van der Waals surface area (Å²) in [6.45, 7) is 2.15. The van der Waals surface area contributed by atoms with Gasteiger partial charge >= 0.3 is 0 Å². The Labute approximate surface area is 103 Å². The number of carbonyl (C=O) groups excluding carboxylic acids is 1.